The van der Waals surface area contributed by atoms with Crippen LogP contribution in [0, 0.1) is 0 Å². The Morgan fingerprint density at radius 1 is 1.07 bits per heavy atom. The van der Waals surface area contributed by atoms with Gasteiger partial charge in [0.25, 0.3) is 5.91 Å². The van der Waals surface area contributed by atoms with E-state index in [-0.39, 0.29) is 11.0 Å². The van der Waals surface area contributed by atoms with Crippen molar-refractivity contribution < 1.29 is 4.79 Å². The summed E-state index contributed by atoms with van der Waals surface area (Å²) >= 11 is 11.9. The number of hydrogen-bond donors (Lipinski definition) is 2. The van der Waals surface area contributed by atoms with Crippen LogP contribution < -0.4 is 15.5 Å². The maximum Gasteiger partial charge on any atom is 0.257 e. The zero-order valence-electron chi connectivity index (χ0n) is 17.0. The topological polar surface area (TPSA) is 47.6 Å². The van der Waals surface area contributed by atoms with Crippen LogP contribution in [0.5, 0.6) is 0 Å². The largest absolute Gasteiger partial charge is 0.366 e. The summed E-state index contributed by atoms with van der Waals surface area (Å²) in [6.45, 7) is 7.96. The number of para-hydroxylation sites is 1. The molecule has 1 fully saturated rings. The van der Waals surface area contributed by atoms with Gasteiger partial charge in [0.2, 0.25) is 0 Å². The number of rotatable bonds is 4. The minimum Gasteiger partial charge on any atom is -0.366 e. The third kappa shape index (κ3) is 5.47. The molecule has 2 aromatic carbocycles. The minimum absolute atomic E-state index is 0.235. The molecule has 0 atom stereocenters. The molecule has 1 saturated heterocycles. The fraction of sp³-hybridized carbons (Fsp3) is 0.364. The molecule has 0 aromatic heterocycles. The summed E-state index contributed by atoms with van der Waals surface area (Å²) in [5, 5.41) is 6.83. The number of carbonyl (C=O) groups is 1. The molecule has 0 radical (unpaired) electrons. The molecule has 2 aromatic rings. The predicted molar refractivity (Wildman–Crippen MR) is 125 cm³/mol. The Morgan fingerprint density at radius 3 is 2.34 bits per heavy atom. The number of nitrogens with one attached hydrogen (secondary N) is 2. The maximum absolute atomic E-state index is 12.5. The van der Waals surface area contributed by atoms with Crippen LogP contribution in [0.2, 0.25) is 5.02 Å². The number of hydrogen-bond acceptors (Lipinski definition) is 4. The molecule has 154 valence electrons. The minimum atomic E-state index is -0.235. The van der Waals surface area contributed by atoms with Crippen molar-refractivity contribution in [1.82, 2.24) is 10.2 Å². The zero-order valence-corrected chi connectivity index (χ0v) is 18.6. The van der Waals surface area contributed by atoms with Gasteiger partial charge in [0, 0.05) is 31.7 Å². The first-order chi connectivity index (χ1) is 13.8. The van der Waals surface area contributed by atoms with Crippen LogP contribution in [0.15, 0.2) is 42.5 Å². The third-order valence-electron chi connectivity index (χ3n) is 5.12. The van der Waals surface area contributed by atoms with Crippen LogP contribution in [0.1, 0.15) is 35.7 Å². The van der Waals surface area contributed by atoms with Gasteiger partial charge in [-0.3, -0.25) is 10.1 Å². The highest BCUT2D eigenvalue weighted by Crippen LogP contribution is 2.34. The van der Waals surface area contributed by atoms with E-state index >= 15 is 0 Å². The molecule has 29 heavy (non-hydrogen) atoms. The first-order valence-electron chi connectivity index (χ1n) is 9.79. The number of anilines is 2. The quantitative estimate of drug-likeness (QED) is 0.706. The van der Waals surface area contributed by atoms with E-state index in [1.165, 1.54) is 5.56 Å². The Kier molecular flexibility index (Phi) is 7.11. The number of carbonyl (C=O) groups excluding carboxylic acids is 1. The van der Waals surface area contributed by atoms with Gasteiger partial charge >= 0.3 is 0 Å². The highest BCUT2D eigenvalue weighted by atomic mass is 35.5. The van der Waals surface area contributed by atoms with E-state index < -0.39 is 0 Å². The van der Waals surface area contributed by atoms with Crippen molar-refractivity contribution in [2.24, 2.45) is 0 Å². The molecular weight excluding hydrogens is 404 g/mol. The number of benzene rings is 2. The molecule has 1 aliphatic rings. The SMILES string of the molecule is CC(C)c1ccc(C(=O)NC(=S)Nc2cccc(Cl)c2N2CCN(C)CC2)cc1. The van der Waals surface area contributed by atoms with Gasteiger partial charge in [-0.05, 0) is 55.0 Å². The first-order valence-corrected chi connectivity index (χ1v) is 10.6. The van der Waals surface area contributed by atoms with Crippen LogP contribution >= 0.6 is 23.8 Å². The average molecular weight is 431 g/mol. The van der Waals surface area contributed by atoms with Crippen LogP contribution in [0.3, 0.4) is 0 Å². The van der Waals surface area contributed by atoms with E-state index in [1.807, 2.05) is 42.5 Å². The van der Waals surface area contributed by atoms with Gasteiger partial charge in [-0.15, -0.1) is 0 Å². The molecule has 0 unspecified atom stereocenters. The lowest BCUT2D eigenvalue weighted by Crippen LogP contribution is -2.45. The van der Waals surface area contributed by atoms with Gasteiger partial charge < -0.3 is 15.1 Å². The van der Waals surface area contributed by atoms with E-state index in [0.29, 0.717) is 16.5 Å². The summed E-state index contributed by atoms with van der Waals surface area (Å²) in [6, 6.07) is 13.3. The van der Waals surface area contributed by atoms with Crippen molar-refractivity contribution in [2.45, 2.75) is 19.8 Å². The summed E-state index contributed by atoms with van der Waals surface area (Å²) in [7, 11) is 2.11. The smallest absolute Gasteiger partial charge is 0.257 e. The summed E-state index contributed by atoms with van der Waals surface area (Å²) in [5.74, 6) is 0.187. The van der Waals surface area contributed by atoms with Gasteiger partial charge in [-0.1, -0.05) is 43.6 Å². The Balaban J connectivity index is 1.69. The molecule has 2 N–H and O–H groups in total. The van der Waals surface area contributed by atoms with E-state index in [9.17, 15) is 4.79 Å². The normalized spacial score (nSPS) is 14.7. The number of halogens is 1. The maximum atomic E-state index is 12.5. The van der Waals surface area contributed by atoms with E-state index in [0.717, 1.165) is 37.6 Å². The number of amides is 1. The van der Waals surface area contributed by atoms with Crippen molar-refractivity contribution in [2.75, 3.05) is 43.4 Å². The number of thiocarbonyl (C=S) groups is 1. The first kappa shape index (κ1) is 21.6. The average Bonchev–Trinajstić information content (AvgIpc) is 2.69. The second-order valence-corrected chi connectivity index (χ2v) is 8.43. The van der Waals surface area contributed by atoms with Gasteiger partial charge in [0.15, 0.2) is 5.11 Å². The van der Waals surface area contributed by atoms with Crippen LogP contribution in [0.4, 0.5) is 11.4 Å². The molecule has 5 nitrogen and oxygen atoms in total. The van der Waals surface area contributed by atoms with Crippen LogP contribution in [-0.2, 0) is 0 Å². The monoisotopic (exact) mass is 430 g/mol. The third-order valence-corrected chi connectivity index (χ3v) is 5.63. The standard InChI is InChI=1S/C22H27ClN4OS/c1-15(2)16-7-9-17(10-8-16)21(28)25-22(29)24-19-6-4-5-18(23)20(19)27-13-11-26(3)12-14-27/h4-10,15H,11-14H2,1-3H3,(H2,24,25,28,29). The van der Waals surface area contributed by atoms with Gasteiger partial charge in [0.05, 0.1) is 16.4 Å². The Hall–Kier alpha value is -2.15. The molecule has 0 bridgehead atoms. The van der Waals surface area contributed by atoms with E-state index in [1.54, 1.807) is 0 Å². The molecule has 0 saturated carbocycles. The fourth-order valence-electron chi connectivity index (χ4n) is 3.32. The van der Waals surface area contributed by atoms with Crippen molar-refractivity contribution in [3.05, 3.63) is 58.6 Å². The summed E-state index contributed by atoms with van der Waals surface area (Å²) in [5.41, 5.74) is 3.48. The molecule has 0 aliphatic carbocycles. The lowest BCUT2D eigenvalue weighted by atomic mass is 10.0. The van der Waals surface area contributed by atoms with Crippen LogP contribution in [0.25, 0.3) is 0 Å². The summed E-state index contributed by atoms with van der Waals surface area (Å²) in [4.78, 5) is 17.1. The lowest BCUT2D eigenvalue weighted by Gasteiger charge is -2.35. The molecule has 3 rings (SSSR count). The van der Waals surface area contributed by atoms with Gasteiger partial charge in [0.1, 0.15) is 0 Å². The highest BCUT2D eigenvalue weighted by Gasteiger charge is 2.20. The summed E-state index contributed by atoms with van der Waals surface area (Å²) < 4.78 is 0. The highest BCUT2D eigenvalue weighted by molar-refractivity contribution is 7.80. The number of nitrogens with zero attached hydrogens (tertiary/aromatic N) is 2. The Bertz CT molecular complexity index is 877. The van der Waals surface area contributed by atoms with E-state index in [2.05, 4.69) is 41.3 Å². The fourth-order valence-corrected chi connectivity index (χ4v) is 3.81. The molecule has 7 heteroatoms. The van der Waals surface area contributed by atoms with Gasteiger partial charge in [-0.2, -0.15) is 0 Å². The lowest BCUT2D eigenvalue weighted by molar-refractivity contribution is 0.0977. The molecular formula is C22H27ClN4OS. The second-order valence-electron chi connectivity index (χ2n) is 7.61. The van der Waals surface area contributed by atoms with Crippen molar-refractivity contribution in [3.63, 3.8) is 0 Å². The molecule has 1 aliphatic heterocycles. The predicted octanol–water partition coefficient (Wildman–Crippen LogP) is 4.34. The number of likely N-dealkylation sites (N-methyl/N-ethyl adjacent to an activating group) is 1. The zero-order chi connectivity index (χ0) is 21.0. The molecule has 1 amide bonds. The second kappa shape index (κ2) is 9.57. The van der Waals surface area contributed by atoms with Crippen LogP contribution in [-0.4, -0.2) is 49.1 Å². The Morgan fingerprint density at radius 2 is 1.72 bits per heavy atom. The van der Waals surface area contributed by atoms with Crippen molar-refractivity contribution in [3.8, 4) is 0 Å². The Labute approximate surface area is 183 Å². The summed E-state index contributed by atoms with van der Waals surface area (Å²) in [6.07, 6.45) is 0. The number of piperazine rings is 1. The van der Waals surface area contributed by atoms with Crippen molar-refractivity contribution in [1.29, 1.82) is 0 Å². The van der Waals surface area contributed by atoms with Gasteiger partial charge in [-0.25, -0.2) is 0 Å². The van der Waals surface area contributed by atoms with Crippen molar-refractivity contribution >= 4 is 46.2 Å². The molecule has 0 spiro atoms. The van der Waals surface area contributed by atoms with E-state index in [4.69, 9.17) is 23.8 Å². The molecule has 1 heterocycles.